The van der Waals surface area contributed by atoms with Crippen molar-refractivity contribution < 1.29 is 9.53 Å². The van der Waals surface area contributed by atoms with Gasteiger partial charge in [-0.3, -0.25) is 14.2 Å². The summed E-state index contributed by atoms with van der Waals surface area (Å²) in [6, 6.07) is 17.3. The van der Waals surface area contributed by atoms with Gasteiger partial charge in [0.2, 0.25) is 5.91 Å². The smallest absolute Gasteiger partial charge is 0.263 e. The number of rotatable bonds is 7. The van der Waals surface area contributed by atoms with E-state index < -0.39 is 0 Å². The number of thiophene rings is 1. The molecule has 0 bridgehead atoms. The monoisotopic (exact) mass is 451 g/mol. The summed E-state index contributed by atoms with van der Waals surface area (Å²) < 4.78 is 6.65. The van der Waals surface area contributed by atoms with Crippen LogP contribution in [-0.4, -0.2) is 28.3 Å². The van der Waals surface area contributed by atoms with Gasteiger partial charge < -0.3 is 10.1 Å². The van der Waals surface area contributed by atoms with E-state index in [1.54, 1.807) is 14.2 Å². The number of carbonyl (C=O) groups excluding carboxylic acids is 1. The molecule has 0 radical (unpaired) electrons. The molecule has 4 rings (SSSR count). The molecule has 0 saturated carbocycles. The zero-order valence-corrected chi connectivity index (χ0v) is 18.8. The largest absolute Gasteiger partial charge is 0.497 e. The number of nitrogens with one attached hydrogen (secondary N) is 1. The highest BCUT2D eigenvalue weighted by Crippen LogP contribution is 2.31. The van der Waals surface area contributed by atoms with E-state index in [2.05, 4.69) is 10.3 Å². The zero-order valence-electron chi connectivity index (χ0n) is 17.1. The quantitative estimate of drug-likeness (QED) is 0.339. The van der Waals surface area contributed by atoms with Crippen LogP contribution in [0.4, 0.5) is 0 Å². The molecule has 31 heavy (non-hydrogen) atoms. The minimum Gasteiger partial charge on any atom is -0.497 e. The van der Waals surface area contributed by atoms with Crippen LogP contribution < -0.4 is 15.6 Å². The molecule has 158 valence electrons. The lowest BCUT2D eigenvalue weighted by Crippen LogP contribution is -2.25. The Morgan fingerprint density at radius 1 is 1.16 bits per heavy atom. The Hall–Kier alpha value is -3.10. The van der Waals surface area contributed by atoms with Crippen molar-refractivity contribution in [2.45, 2.75) is 11.7 Å². The molecule has 0 atom stereocenters. The lowest BCUT2D eigenvalue weighted by molar-refractivity contribution is -0.118. The van der Waals surface area contributed by atoms with Gasteiger partial charge in [-0.2, -0.15) is 0 Å². The molecule has 0 spiro atoms. The molecule has 0 aliphatic carbocycles. The van der Waals surface area contributed by atoms with E-state index in [9.17, 15) is 9.59 Å². The SMILES string of the molecule is COc1ccc(CNC(=O)CSc2nc3scc(-c4ccccc4)c3c(=O)n2C)cc1. The Labute approximate surface area is 187 Å². The van der Waals surface area contributed by atoms with E-state index in [1.807, 2.05) is 60.0 Å². The van der Waals surface area contributed by atoms with Crippen LogP contribution in [0.25, 0.3) is 21.3 Å². The van der Waals surface area contributed by atoms with Crippen molar-refractivity contribution in [3.05, 3.63) is 75.9 Å². The summed E-state index contributed by atoms with van der Waals surface area (Å²) in [5.41, 5.74) is 2.76. The molecular weight excluding hydrogens is 430 g/mol. The third-order valence-corrected chi connectivity index (χ3v) is 6.74. The van der Waals surface area contributed by atoms with E-state index in [0.29, 0.717) is 21.9 Å². The van der Waals surface area contributed by atoms with Crippen LogP contribution in [0.2, 0.25) is 0 Å². The molecule has 0 unspecified atom stereocenters. The van der Waals surface area contributed by atoms with Crippen molar-refractivity contribution in [3.8, 4) is 16.9 Å². The van der Waals surface area contributed by atoms with Gasteiger partial charge in [0.05, 0.1) is 18.2 Å². The van der Waals surface area contributed by atoms with Gasteiger partial charge in [-0.15, -0.1) is 11.3 Å². The first-order valence-corrected chi connectivity index (χ1v) is 11.5. The molecular formula is C23H21N3O3S2. The van der Waals surface area contributed by atoms with E-state index in [4.69, 9.17) is 4.74 Å². The minimum absolute atomic E-state index is 0.105. The molecule has 0 fully saturated rings. The highest BCUT2D eigenvalue weighted by atomic mass is 32.2. The van der Waals surface area contributed by atoms with E-state index >= 15 is 0 Å². The van der Waals surface area contributed by atoms with E-state index in [0.717, 1.165) is 22.4 Å². The van der Waals surface area contributed by atoms with Gasteiger partial charge in [0.15, 0.2) is 5.16 Å². The van der Waals surface area contributed by atoms with Gasteiger partial charge >= 0.3 is 0 Å². The molecule has 2 heterocycles. The van der Waals surface area contributed by atoms with Crippen molar-refractivity contribution in [1.29, 1.82) is 0 Å². The molecule has 4 aromatic rings. The maximum Gasteiger partial charge on any atom is 0.263 e. The summed E-state index contributed by atoms with van der Waals surface area (Å²) in [5, 5.41) is 6.00. The van der Waals surface area contributed by atoms with Gasteiger partial charge in [-0.25, -0.2) is 4.98 Å². The Balaban J connectivity index is 1.45. The zero-order chi connectivity index (χ0) is 21.8. The molecule has 1 N–H and O–H groups in total. The fourth-order valence-electron chi connectivity index (χ4n) is 3.14. The summed E-state index contributed by atoms with van der Waals surface area (Å²) in [5.74, 6) is 0.835. The van der Waals surface area contributed by atoms with Crippen molar-refractivity contribution in [1.82, 2.24) is 14.9 Å². The van der Waals surface area contributed by atoms with Gasteiger partial charge in [0.25, 0.3) is 5.56 Å². The maximum atomic E-state index is 13.0. The highest BCUT2D eigenvalue weighted by molar-refractivity contribution is 7.99. The Morgan fingerprint density at radius 3 is 2.61 bits per heavy atom. The van der Waals surface area contributed by atoms with Gasteiger partial charge in [-0.05, 0) is 23.3 Å². The number of ether oxygens (including phenoxy) is 1. The summed E-state index contributed by atoms with van der Waals surface area (Å²) in [4.78, 5) is 30.6. The molecule has 0 aliphatic rings. The topological polar surface area (TPSA) is 73.2 Å². The minimum atomic E-state index is -0.119. The first-order valence-electron chi connectivity index (χ1n) is 9.63. The van der Waals surface area contributed by atoms with E-state index in [-0.39, 0.29) is 17.2 Å². The van der Waals surface area contributed by atoms with Crippen LogP contribution in [-0.2, 0) is 18.4 Å². The van der Waals surface area contributed by atoms with Crippen LogP contribution in [0.3, 0.4) is 0 Å². The fraction of sp³-hybridized carbons (Fsp3) is 0.174. The van der Waals surface area contributed by atoms with Gasteiger partial charge in [0, 0.05) is 24.5 Å². The lowest BCUT2D eigenvalue weighted by atomic mass is 10.1. The van der Waals surface area contributed by atoms with Crippen molar-refractivity contribution in [2.75, 3.05) is 12.9 Å². The fourth-order valence-corrected chi connectivity index (χ4v) is 4.93. The third-order valence-electron chi connectivity index (χ3n) is 4.84. The van der Waals surface area contributed by atoms with E-state index in [1.165, 1.54) is 27.7 Å². The molecule has 6 nitrogen and oxygen atoms in total. The summed E-state index contributed by atoms with van der Waals surface area (Å²) in [7, 11) is 3.31. The number of amides is 1. The van der Waals surface area contributed by atoms with Crippen molar-refractivity contribution >= 4 is 39.2 Å². The first-order chi connectivity index (χ1) is 15.1. The number of nitrogens with zero attached hydrogens (tertiary/aromatic N) is 2. The number of fused-ring (bicyclic) bond motifs is 1. The summed E-state index contributed by atoms with van der Waals surface area (Å²) >= 11 is 2.70. The lowest BCUT2D eigenvalue weighted by Gasteiger charge is -2.09. The number of benzene rings is 2. The number of hydrogen-bond acceptors (Lipinski definition) is 6. The first kappa shape index (κ1) is 21.1. The van der Waals surface area contributed by atoms with Gasteiger partial charge in [0.1, 0.15) is 10.6 Å². The van der Waals surface area contributed by atoms with Crippen molar-refractivity contribution in [3.63, 3.8) is 0 Å². The number of hydrogen-bond donors (Lipinski definition) is 1. The number of thioether (sulfide) groups is 1. The average molecular weight is 452 g/mol. The average Bonchev–Trinajstić information content (AvgIpc) is 3.24. The Morgan fingerprint density at radius 2 is 1.90 bits per heavy atom. The maximum absolute atomic E-state index is 13.0. The molecule has 0 saturated heterocycles. The van der Waals surface area contributed by atoms with Gasteiger partial charge in [-0.1, -0.05) is 54.2 Å². The third kappa shape index (κ3) is 4.65. The second-order valence-electron chi connectivity index (χ2n) is 6.87. The molecule has 2 aromatic heterocycles. The van der Waals surface area contributed by atoms with Crippen LogP contribution >= 0.6 is 23.1 Å². The Kier molecular flexibility index (Phi) is 6.39. The second kappa shape index (κ2) is 9.36. The number of aromatic nitrogens is 2. The van der Waals surface area contributed by atoms with Crippen LogP contribution in [0.5, 0.6) is 5.75 Å². The molecule has 2 aromatic carbocycles. The predicted octanol–water partition coefficient (Wildman–Crippen LogP) is 4.08. The Bertz CT molecular complexity index is 1270. The predicted molar refractivity (Wildman–Crippen MR) is 126 cm³/mol. The summed E-state index contributed by atoms with van der Waals surface area (Å²) in [6.07, 6.45) is 0. The van der Waals surface area contributed by atoms with Crippen molar-refractivity contribution in [2.24, 2.45) is 7.05 Å². The second-order valence-corrected chi connectivity index (χ2v) is 8.67. The summed E-state index contributed by atoms with van der Waals surface area (Å²) in [6.45, 7) is 0.431. The van der Waals surface area contributed by atoms with Crippen LogP contribution in [0.15, 0.2) is 69.9 Å². The standard InChI is InChI=1S/C23H21N3O3S2/c1-26-22(28)20-18(16-6-4-3-5-7-16)13-30-21(20)25-23(26)31-14-19(27)24-12-15-8-10-17(29-2)11-9-15/h3-11,13H,12,14H2,1-2H3,(H,24,27). The van der Waals surface area contributed by atoms with Crippen LogP contribution in [0, 0.1) is 0 Å². The molecule has 1 amide bonds. The normalized spacial score (nSPS) is 10.9. The number of carbonyl (C=O) groups is 1. The van der Waals surface area contributed by atoms with Crippen LogP contribution in [0.1, 0.15) is 5.56 Å². The number of methoxy groups -OCH3 is 1. The molecule has 0 aliphatic heterocycles. The highest BCUT2D eigenvalue weighted by Gasteiger charge is 2.16. The molecule has 8 heteroatoms.